The van der Waals surface area contributed by atoms with Gasteiger partial charge in [0.1, 0.15) is 5.82 Å². The lowest BCUT2D eigenvalue weighted by Crippen LogP contribution is -2.13. The van der Waals surface area contributed by atoms with Gasteiger partial charge in [-0.1, -0.05) is 24.3 Å². The summed E-state index contributed by atoms with van der Waals surface area (Å²) < 4.78 is 18.1. The number of hydrogen-bond acceptors (Lipinski definition) is 4. The zero-order chi connectivity index (χ0) is 16.7. The van der Waals surface area contributed by atoms with Crippen molar-refractivity contribution in [3.8, 4) is 0 Å². The molecule has 120 valence electrons. The van der Waals surface area contributed by atoms with Gasteiger partial charge in [0.2, 0.25) is 0 Å². The lowest BCUT2D eigenvalue weighted by atomic mass is 10.2. The first-order valence-electron chi connectivity index (χ1n) is 6.89. The van der Waals surface area contributed by atoms with Crippen LogP contribution in [-0.4, -0.2) is 24.7 Å². The molecule has 0 fully saturated rings. The van der Waals surface area contributed by atoms with E-state index in [0.29, 0.717) is 17.2 Å². The van der Waals surface area contributed by atoms with Crippen molar-refractivity contribution in [2.45, 2.75) is 5.75 Å². The van der Waals surface area contributed by atoms with Crippen LogP contribution < -0.4 is 5.32 Å². The van der Waals surface area contributed by atoms with Gasteiger partial charge < -0.3 is 10.1 Å². The van der Waals surface area contributed by atoms with E-state index >= 15 is 0 Å². The van der Waals surface area contributed by atoms with Gasteiger partial charge in [-0.3, -0.25) is 9.59 Å². The normalized spacial score (nSPS) is 10.2. The smallest absolute Gasteiger partial charge is 0.315 e. The average Bonchev–Trinajstić information content (AvgIpc) is 2.56. The zero-order valence-corrected chi connectivity index (χ0v) is 13.4. The van der Waals surface area contributed by atoms with E-state index in [-0.39, 0.29) is 11.5 Å². The number of nitrogens with one attached hydrogen (secondary N) is 1. The molecule has 0 aliphatic heterocycles. The zero-order valence-electron chi connectivity index (χ0n) is 12.5. The standard InChI is InChI=1S/C17H16FNO3S/c1-22-16(20)11-23-10-12-6-8-13(9-7-12)19-17(21)14-4-2-3-5-15(14)18/h2-9H,10-11H2,1H3,(H,19,21). The van der Waals surface area contributed by atoms with E-state index in [1.54, 1.807) is 18.2 Å². The third-order valence-corrected chi connectivity index (χ3v) is 4.02. The number of amides is 1. The molecule has 0 unspecified atom stereocenters. The number of methoxy groups -OCH3 is 1. The Labute approximate surface area is 138 Å². The predicted molar refractivity (Wildman–Crippen MR) is 89.0 cm³/mol. The van der Waals surface area contributed by atoms with Crippen molar-refractivity contribution in [1.29, 1.82) is 0 Å². The fraction of sp³-hybridized carbons (Fsp3) is 0.176. The summed E-state index contributed by atoms with van der Waals surface area (Å²) in [4.78, 5) is 23.0. The van der Waals surface area contributed by atoms with E-state index in [1.807, 2.05) is 12.1 Å². The molecular weight excluding hydrogens is 317 g/mol. The maximum Gasteiger partial charge on any atom is 0.315 e. The van der Waals surface area contributed by atoms with Crippen molar-refractivity contribution in [3.63, 3.8) is 0 Å². The first-order valence-corrected chi connectivity index (χ1v) is 8.05. The molecule has 2 rings (SSSR count). The molecule has 0 aliphatic carbocycles. The van der Waals surface area contributed by atoms with Gasteiger partial charge in [0.25, 0.3) is 5.91 Å². The number of ether oxygens (including phenoxy) is 1. The van der Waals surface area contributed by atoms with Crippen LogP contribution in [0.1, 0.15) is 15.9 Å². The maximum atomic E-state index is 13.5. The monoisotopic (exact) mass is 333 g/mol. The van der Waals surface area contributed by atoms with Gasteiger partial charge in [-0.05, 0) is 29.8 Å². The number of halogens is 1. The molecule has 0 saturated carbocycles. The molecule has 1 amide bonds. The Bertz CT molecular complexity index is 688. The van der Waals surface area contributed by atoms with Crippen LogP contribution in [0.5, 0.6) is 0 Å². The van der Waals surface area contributed by atoms with Crippen LogP contribution in [0.15, 0.2) is 48.5 Å². The van der Waals surface area contributed by atoms with Crippen molar-refractivity contribution in [1.82, 2.24) is 0 Å². The third-order valence-electron chi connectivity index (χ3n) is 3.05. The SMILES string of the molecule is COC(=O)CSCc1ccc(NC(=O)c2ccccc2F)cc1. The number of carbonyl (C=O) groups is 2. The Morgan fingerprint density at radius 1 is 1.13 bits per heavy atom. The highest BCUT2D eigenvalue weighted by molar-refractivity contribution is 7.99. The summed E-state index contributed by atoms with van der Waals surface area (Å²) in [5, 5.41) is 2.65. The highest BCUT2D eigenvalue weighted by atomic mass is 32.2. The second kappa shape index (κ2) is 8.33. The third kappa shape index (κ3) is 5.10. The van der Waals surface area contributed by atoms with E-state index in [1.165, 1.54) is 37.1 Å². The minimum absolute atomic E-state index is 0.00482. The minimum atomic E-state index is -0.555. The number of hydrogen-bond donors (Lipinski definition) is 1. The van der Waals surface area contributed by atoms with Crippen molar-refractivity contribution >= 4 is 29.3 Å². The summed E-state index contributed by atoms with van der Waals surface area (Å²) in [6, 6.07) is 13.0. The Hall–Kier alpha value is -2.34. The summed E-state index contributed by atoms with van der Waals surface area (Å²) in [5.74, 6) is -0.348. The van der Waals surface area contributed by atoms with E-state index < -0.39 is 11.7 Å². The molecule has 0 saturated heterocycles. The van der Waals surface area contributed by atoms with E-state index in [4.69, 9.17) is 0 Å². The van der Waals surface area contributed by atoms with Crippen molar-refractivity contribution < 1.29 is 18.7 Å². The van der Waals surface area contributed by atoms with Gasteiger partial charge in [0.05, 0.1) is 18.4 Å². The van der Waals surface area contributed by atoms with Crippen LogP contribution in [0, 0.1) is 5.82 Å². The summed E-state index contributed by atoms with van der Waals surface area (Å²) in [7, 11) is 1.36. The lowest BCUT2D eigenvalue weighted by Gasteiger charge is -2.07. The number of thioether (sulfide) groups is 1. The Morgan fingerprint density at radius 2 is 1.83 bits per heavy atom. The molecule has 1 N–H and O–H groups in total. The molecule has 0 bridgehead atoms. The average molecular weight is 333 g/mol. The summed E-state index contributed by atoms with van der Waals surface area (Å²) in [5.41, 5.74) is 1.60. The largest absolute Gasteiger partial charge is 0.468 e. The first kappa shape index (κ1) is 17.0. The van der Waals surface area contributed by atoms with Crippen molar-refractivity contribution in [3.05, 3.63) is 65.5 Å². The predicted octanol–water partition coefficient (Wildman–Crippen LogP) is 3.48. The Kier molecular flexibility index (Phi) is 6.17. The van der Waals surface area contributed by atoms with Gasteiger partial charge in [-0.25, -0.2) is 4.39 Å². The molecular formula is C17H16FNO3S. The van der Waals surface area contributed by atoms with Gasteiger partial charge in [0, 0.05) is 11.4 Å². The molecule has 4 nitrogen and oxygen atoms in total. The fourth-order valence-electron chi connectivity index (χ4n) is 1.84. The maximum absolute atomic E-state index is 13.5. The molecule has 0 atom stereocenters. The van der Waals surface area contributed by atoms with Crippen LogP contribution in [-0.2, 0) is 15.3 Å². The number of carbonyl (C=O) groups excluding carboxylic acids is 2. The second-order valence-electron chi connectivity index (χ2n) is 4.70. The molecule has 0 spiro atoms. The highest BCUT2D eigenvalue weighted by Gasteiger charge is 2.10. The van der Waals surface area contributed by atoms with Crippen LogP contribution >= 0.6 is 11.8 Å². The lowest BCUT2D eigenvalue weighted by molar-refractivity contribution is -0.137. The van der Waals surface area contributed by atoms with Gasteiger partial charge >= 0.3 is 5.97 Å². The Morgan fingerprint density at radius 3 is 2.48 bits per heavy atom. The number of benzene rings is 2. The molecule has 0 heterocycles. The first-order chi connectivity index (χ1) is 11.1. The van der Waals surface area contributed by atoms with Crippen LogP contribution in [0.3, 0.4) is 0 Å². The van der Waals surface area contributed by atoms with E-state index in [9.17, 15) is 14.0 Å². The van der Waals surface area contributed by atoms with Crippen LogP contribution in [0.2, 0.25) is 0 Å². The Balaban J connectivity index is 1.91. The molecule has 2 aromatic carbocycles. The molecule has 0 radical (unpaired) electrons. The van der Waals surface area contributed by atoms with Gasteiger partial charge in [-0.15, -0.1) is 11.8 Å². The van der Waals surface area contributed by atoms with Crippen LogP contribution in [0.25, 0.3) is 0 Å². The molecule has 0 aromatic heterocycles. The topological polar surface area (TPSA) is 55.4 Å². The summed E-state index contributed by atoms with van der Waals surface area (Å²) >= 11 is 1.45. The molecule has 6 heteroatoms. The number of esters is 1. The quantitative estimate of drug-likeness (QED) is 0.822. The van der Waals surface area contributed by atoms with Gasteiger partial charge in [0.15, 0.2) is 0 Å². The van der Waals surface area contributed by atoms with Crippen LogP contribution in [0.4, 0.5) is 10.1 Å². The highest BCUT2D eigenvalue weighted by Crippen LogP contribution is 2.17. The minimum Gasteiger partial charge on any atom is -0.468 e. The van der Waals surface area contributed by atoms with Gasteiger partial charge in [-0.2, -0.15) is 0 Å². The van der Waals surface area contributed by atoms with E-state index in [2.05, 4.69) is 10.1 Å². The molecule has 2 aromatic rings. The summed E-state index contributed by atoms with van der Waals surface area (Å²) in [6.07, 6.45) is 0. The number of anilines is 1. The van der Waals surface area contributed by atoms with Crippen molar-refractivity contribution in [2.75, 3.05) is 18.2 Å². The fourth-order valence-corrected chi connectivity index (χ4v) is 2.65. The second-order valence-corrected chi connectivity index (χ2v) is 5.69. The molecule has 0 aliphatic rings. The molecule has 23 heavy (non-hydrogen) atoms. The van der Waals surface area contributed by atoms with E-state index in [0.717, 1.165) is 5.56 Å². The number of rotatable bonds is 6. The summed E-state index contributed by atoms with van der Waals surface area (Å²) in [6.45, 7) is 0. The van der Waals surface area contributed by atoms with Crippen molar-refractivity contribution in [2.24, 2.45) is 0 Å².